The Hall–Kier alpha value is -0.0151. The van der Waals surface area contributed by atoms with Crippen molar-refractivity contribution in [3.8, 4) is 0 Å². The van der Waals surface area contributed by atoms with Crippen LogP contribution in [0, 0.1) is 0 Å². The zero-order valence-electron chi connectivity index (χ0n) is 16.0. The predicted molar refractivity (Wildman–Crippen MR) is 101 cm³/mol. The highest BCUT2D eigenvalue weighted by atomic mass is 16.5. The molecule has 3 heteroatoms. The number of hydrogen-bond donors (Lipinski definition) is 0. The van der Waals surface area contributed by atoms with Crippen LogP contribution in [-0.4, -0.2) is 32.8 Å². The fourth-order valence-electron chi connectivity index (χ4n) is 3.12. The number of ether oxygens (including phenoxy) is 2. The van der Waals surface area contributed by atoms with Crippen molar-refractivity contribution in [2.24, 2.45) is 0 Å². The summed E-state index contributed by atoms with van der Waals surface area (Å²) in [5.41, 5.74) is 0. The molecule has 2 nitrogen and oxygen atoms in total. The first-order valence-corrected chi connectivity index (χ1v) is 9.98. The van der Waals surface area contributed by atoms with E-state index < -0.39 is 0 Å². The SMILES string of the molecule is BCCC(CCOC(CCC)CCC)OC(CCC)CCC. The molecule has 0 spiro atoms. The molecule has 0 radical (unpaired) electrons. The molecular formula is C19H41BO2. The van der Waals surface area contributed by atoms with Gasteiger partial charge in [0.25, 0.3) is 0 Å². The monoisotopic (exact) mass is 312 g/mol. The summed E-state index contributed by atoms with van der Waals surface area (Å²) in [7, 11) is 2.25. The minimum absolute atomic E-state index is 0.386. The van der Waals surface area contributed by atoms with Crippen LogP contribution >= 0.6 is 0 Å². The predicted octanol–water partition coefficient (Wildman–Crippen LogP) is 5.16. The molecule has 0 aromatic heterocycles. The van der Waals surface area contributed by atoms with Crippen LogP contribution in [0.15, 0.2) is 0 Å². The van der Waals surface area contributed by atoms with Crippen molar-refractivity contribution < 1.29 is 9.47 Å². The molecule has 0 heterocycles. The maximum absolute atomic E-state index is 6.39. The first kappa shape index (κ1) is 22.0. The maximum atomic E-state index is 6.39. The Morgan fingerprint density at radius 2 is 1.09 bits per heavy atom. The van der Waals surface area contributed by atoms with Crippen LogP contribution in [-0.2, 0) is 9.47 Å². The third kappa shape index (κ3) is 11.5. The van der Waals surface area contributed by atoms with E-state index in [0.717, 1.165) is 13.0 Å². The molecule has 0 N–H and O–H groups in total. The van der Waals surface area contributed by atoms with Gasteiger partial charge in [-0.1, -0.05) is 59.7 Å². The smallest absolute Gasteiger partial charge is 0.101 e. The van der Waals surface area contributed by atoms with E-state index in [9.17, 15) is 0 Å². The van der Waals surface area contributed by atoms with Crippen LogP contribution in [0.1, 0.15) is 91.9 Å². The standard InChI is InChI=1S/C19H41BO2/c1-5-9-17(10-6-2)21-16-14-19(13-15-20)22-18(11-7-3)12-8-4/h17-19H,5-16,20H2,1-4H3. The molecule has 0 aliphatic heterocycles. The Morgan fingerprint density at radius 1 is 0.636 bits per heavy atom. The van der Waals surface area contributed by atoms with Crippen LogP contribution in [0.2, 0.25) is 6.32 Å². The highest BCUT2D eigenvalue weighted by Crippen LogP contribution is 2.18. The summed E-state index contributed by atoms with van der Waals surface area (Å²) in [4.78, 5) is 0. The van der Waals surface area contributed by atoms with Gasteiger partial charge in [-0.15, -0.1) is 0 Å². The lowest BCUT2D eigenvalue weighted by atomic mass is 9.97. The lowest BCUT2D eigenvalue weighted by molar-refractivity contribution is -0.0479. The molecule has 0 amide bonds. The summed E-state index contributed by atoms with van der Waals surface area (Å²) in [6.07, 6.45) is 14.4. The average Bonchev–Trinajstić information content (AvgIpc) is 2.48. The molecule has 0 saturated carbocycles. The van der Waals surface area contributed by atoms with Gasteiger partial charge in [0.05, 0.1) is 18.3 Å². The van der Waals surface area contributed by atoms with Gasteiger partial charge in [-0.2, -0.15) is 0 Å². The van der Waals surface area contributed by atoms with Crippen molar-refractivity contribution in [1.29, 1.82) is 0 Å². The molecular weight excluding hydrogens is 271 g/mol. The Balaban J connectivity index is 4.19. The first-order valence-electron chi connectivity index (χ1n) is 9.98. The van der Waals surface area contributed by atoms with Gasteiger partial charge in [0, 0.05) is 6.61 Å². The van der Waals surface area contributed by atoms with Crippen LogP contribution < -0.4 is 0 Å². The van der Waals surface area contributed by atoms with Gasteiger partial charge in [-0.05, 0) is 38.5 Å². The molecule has 1 unspecified atom stereocenters. The molecule has 0 rings (SSSR count). The highest BCUT2D eigenvalue weighted by molar-refractivity contribution is 6.08. The second-order valence-electron chi connectivity index (χ2n) is 6.60. The molecule has 0 aliphatic carbocycles. The normalized spacial score (nSPS) is 13.2. The van der Waals surface area contributed by atoms with E-state index in [0.29, 0.717) is 18.3 Å². The molecule has 0 aliphatic rings. The summed E-state index contributed by atoms with van der Waals surface area (Å²) in [6.45, 7) is 9.86. The zero-order valence-corrected chi connectivity index (χ0v) is 16.0. The molecule has 0 saturated heterocycles. The largest absolute Gasteiger partial charge is 0.378 e. The zero-order chi connectivity index (χ0) is 16.6. The first-order chi connectivity index (χ1) is 10.7. The van der Waals surface area contributed by atoms with Crippen molar-refractivity contribution >= 4 is 7.85 Å². The summed E-state index contributed by atoms with van der Waals surface area (Å²) in [5, 5.41) is 0. The van der Waals surface area contributed by atoms with Gasteiger partial charge in [-0.25, -0.2) is 0 Å². The molecule has 0 fully saturated rings. The van der Waals surface area contributed by atoms with Crippen molar-refractivity contribution in [1.82, 2.24) is 0 Å². The molecule has 1 atom stereocenters. The lowest BCUT2D eigenvalue weighted by Crippen LogP contribution is -2.25. The Kier molecular flexibility index (Phi) is 15.9. The third-order valence-electron chi connectivity index (χ3n) is 4.23. The summed E-state index contributed by atoms with van der Waals surface area (Å²) in [6, 6.07) is 0. The van der Waals surface area contributed by atoms with Gasteiger partial charge in [-0.3, -0.25) is 0 Å². The van der Waals surface area contributed by atoms with E-state index in [-0.39, 0.29) is 0 Å². The Labute approximate surface area is 141 Å². The molecule has 0 aromatic carbocycles. The topological polar surface area (TPSA) is 18.5 Å². The third-order valence-corrected chi connectivity index (χ3v) is 4.23. The van der Waals surface area contributed by atoms with E-state index in [1.165, 1.54) is 64.1 Å². The summed E-state index contributed by atoms with van der Waals surface area (Å²) < 4.78 is 12.5. The maximum Gasteiger partial charge on any atom is 0.101 e. The van der Waals surface area contributed by atoms with E-state index in [1.54, 1.807) is 0 Å². The van der Waals surface area contributed by atoms with Crippen molar-refractivity contribution in [3.63, 3.8) is 0 Å². The Bertz CT molecular complexity index is 211. The fourth-order valence-corrected chi connectivity index (χ4v) is 3.12. The van der Waals surface area contributed by atoms with Crippen molar-refractivity contribution in [3.05, 3.63) is 0 Å². The van der Waals surface area contributed by atoms with Gasteiger partial charge in [0.1, 0.15) is 7.85 Å². The van der Waals surface area contributed by atoms with Gasteiger partial charge in [0.2, 0.25) is 0 Å². The van der Waals surface area contributed by atoms with E-state index in [2.05, 4.69) is 35.5 Å². The van der Waals surface area contributed by atoms with E-state index >= 15 is 0 Å². The second kappa shape index (κ2) is 15.9. The number of rotatable bonds is 16. The second-order valence-corrected chi connectivity index (χ2v) is 6.60. The van der Waals surface area contributed by atoms with Gasteiger partial charge < -0.3 is 9.47 Å². The minimum atomic E-state index is 0.386. The quantitative estimate of drug-likeness (QED) is 0.367. The molecule has 22 heavy (non-hydrogen) atoms. The van der Waals surface area contributed by atoms with Crippen LogP contribution in [0.3, 0.4) is 0 Å². The number of hydrogen-bond acceptors (Lipinski definition) is 2. The molecule has 0 bridgehead atoms. The molecule has 0 aromatic rings. The van der Waals surface area contributed by atoms with Crippen molar-refractivity contribution in [2.75, 3.05) is 6.61 Å². The van der Waals surface area contributed by atoms with Gasteiger partial charge in [0.15, 0.2) is 0 Å². The van der Waals surface area contributed by atoms with Crippen LogP contribution in [0.25, 0.3) is 0 Å². The van der Waals surface area contributed by atoms with E-state index in [4.69, 9.17) is 9.47 Å². The van der Waals surface area contributed by atoms with Crippen LogP contribution in [0.4, 0.5) is 0 Å². The average molecular weight is 312 g/mol. The summed E-state index contributed by atoms with van der Waals surface area (Å²) >= 11 is 0. The lowest BCUT2D eigenvalue weighted by Gasteiger charge is -2.25. The van der Waals surface area contributed by atoms with Gasteiger partial charge >= 0.3 is 0 Å². The highest BCUT2D eigenvalue weighted by Gasteiger charge is 2.16. The fraction of sp³-hybridized carbons (Fsp3) is 1.00. The Morgan fingerprint density at radius 3 is 1.55 bits per heavy atom. The molecule has 132 valence electrons. The summed E-state index contributed by atoms with van der Waals surface area (Å²) in [5.74, 6) is 0. The minimum Gasteiger partial charge on any atom is -0.378 e. The van der Waals surface area contributed by atoms with Crippen molar-refractivity contribution in [2.45, 2.75) is 117 Å². The van der Waals surface area contributed by atoms with E-state index in [1.807, 2.05) is 0 Å². The van der Waals surface area contributed by atoms with Crippen LogP contribution in [0.5, 0.6) is 0 Å².